The monoisotopic (exact) mass is 258 g/mol. The molecule has 0 spiro atoms. The van der Waals surface area contributed by atoms with E-state index in [1.54, 1.807) is 13.2 Å². The lowest BCUT2D eigenvalue weighted by atomic mass is 10.2. The second-order valence-corrected chi connectivity index (χ2v) is 3.89. The zero-order valence-corrected chi connectivity index (χ0v) is 10.5. The van der Waals surface area contributed by atoms with Crippen molar-refractivity contribution in [2.45, 2.75) is 6.61 Å². The molecule has 0 aliphatic rings. The Balaban J connectivity index is 1.96. The summed E-state index contributed by atoms with van der Waals surface area (Å²) in [7, 11) is 1.60. The van der Waals surface area contributed by atoms with Gasteiger partial charge in [-0.25, -0.2) is 9.78 Å². The number of aromatic nitrogens is 1. The van der Waals surface area contributed by atoms with Crippen molar-refractivity contribution in [1.29, 1.82) is 0 Å². The van der Waals surface area contributed by atoms with E-state index >= 15 is 0 Å². The number of nitrogen functional groups attached to an aromatic ring is 1. The van der Waals surface area contributed by atoms with Gasteiger partial charge in [-0.2, -0.15) is 0 Å². The van der Waals surface area contributed by atoms with Gasteiger partial charge in [0.05, 0.1) is 12.7 Å². The van der Waals surface area contributed by atoms with Gasteiger partial charge in [0, 0.05) is 6.20 Å². The fraction of sp³-hybridized carbons (Fsp3) is 0.143. The molecule has 0 aliphatic carbocycles. The number of methoxy groups -OCH3 is 1. The lowest BCUT2D eigenvalue weighted by molar-refractivity contribution is 0.0472. The molecule has 0 aliphatic heterocycles. The van der Waals surface area contributed by atoms with Crippen LogP contribution in [0.4, 0.5) is 5.82 Å². The molecule has 2 rings (SSSR count). The normalized spacial score (nSPS) is 9.95. The molecule has 98 valence electrons. The Labute approximate surface area is 111 Å². The first-order valence-corrected chi connectivity index (χ1v) is 5.70. The quantitative estimate of drug-likeness (QED) is 0.849. The summed E-state index contributed by atoms with van der Waals surface area (Å²) in [5, 5.41) is 0. The molecule has 0 atom stereocenters. The highest BCUT2D eigenvalue weighted by Gasteiger charge is 2.07. The summed E-state index contributed by atoms with van der Waals surface area (Å²) < 4.78 is 10.2. The zero-order valence-electron chi connectivity index (χ0n) is 10.5. The molecular formula is C14H14N2O3. The maximum atomic E-state index is 11.8. The van der Waals surface area contributed by atoms with Crippen molar-refractivity contribution in [3.63, 3.8) is 0 Å². The minimum Gasteiger partial charge on any atom is -0.497 e. The van der Waals surface area contributed by atoms with Crippen LogP contribution < -0.4 is 10.5 Å². The van der Waals surface area contributed by atoms with Crippen molar-refractivity contribution in [2.24, 2.45) is 0 Å². The Hall–Kier alpha value is -2.56. The number of carbonyl (C=O) groups is 1. The van der Waals surface area contributed by atoms with E-state index in [9.17, 15) is 4.79 Å². The van der Waals surface area contributed by atoms with Crippen LogP contribution in [0.15, 0.2) is 42.6 Å². The number of nitrogens with zero attached hydrogens (tertiary/aromatic N) is 1. The number of ether oxygens (including phenoxy) is 2. The predicted octanol–water partition coefficient (Wildman–Crippen LogP) is 2.03. The molecule has 5 nitrogen and oxygen atoms in total. The van der Waals surface area contributed by atoms with E-state index in [4.69, 9.17) is 15.2 Å². The highest BCUT2D eigenvalue weighted by molar-refractivity contribution is 5.89. The molecule has 2 N–H and O–H groups in total. The maximum Gasteiger partial charge on any atom is 0.338 e. The highest BCUT2D eigenvalue weighted by atomic mass is 16.5. The largest absolute Gasteiger partial charge is 0.497 e. The molecule has 1 aromatic heterocycles. The van der Waals surface area contributed by atoms with Crippen molar-refractivity contribution >= 4 is 11.8 Å². The van der Waals surface area contributed by atoms with Crippen molar-refractivity contribution in [2.75, 3.05) is 12.8 Å². The van der Waals surface area contributed by atoms with Crippen LogP contribution in [0.2, 0.25) is 0 Å². The molecule has 0 bridgehead atoms. The number of nitrogens with two attached hydrogens (primary N) is 1. The molecule has 0 amide bonds. The van der Waals surface area contributed by atoms with Crippen LogP contribution >= 0.6 is 0 Å². The van der Waals surface area contributed by atoms with E-state index in [1.165, 1.54) is 12.3 Å². The number of carbonyl (C=O) groups excluding carboxylic acids is 1. The maximum absolute atomic E-state index is 11.8. The lowest BCUT2D eigenvalue weighted by Crippen LogP contribution is -2.06. The molecule has 1 aromatic carbocycles. The SMILES string of the molecule is COc1ccc(COC(=O)c2ccnc(N)c2)cc1. The number of anilines is 1. The fourth-order valence-electron chi connectivity index (χ4n) is 1.53. The summed E-state index contributed by atoms with van der Waals surface area (Å²) in [6.45, 7) is 0.199. The van der Waals surface area contributed by atoms with Gasteiger partial charge in [0.1, 0.15) is 18.2 Å². The summed E-state index contributed by atoms with van der Waals surface area (Å²) in [4.78, 5) is 15.6. The van der Waals surface area contributed by atoms with Crippen molar-refractivity contribution in [1.82, 2.24) is 4.98 Å². The lowest BCUT2D eigenvalue weighted by Gasteiger charge is -2.06. The second-order valence-electron chi connectivity index (χ2n) is 3.89. The highest BCUT2D eigenvalue weighted by Crippen LogP contribution is 2.13. The summed E-state index contributed by atoms with van der Waals surface area (Å²) in [6, 6.07) is 10.4. The van der Waals surface area contributed by atoms with E-state index in [2.05, 4.69) is 4.98 Å². The number of benzene rings is 1. The van der Waals surface area contributed by atoms with Gasteiger partial charge in [0.25, 0.3) is 0 Å². The molecule has 2 aromatic rings. The van der Waals surface area contributed by atoms with Crippen LogP contribution in [-0.2, 0) is 11.3 Å². The summed E-state index contributed by atoms with van der Waals surface area (Å²) >= 11 is 0. The number of rotatable bonds is 4. The Bertz CT molecular complexity index is 567. The third-order valence-electron chi connectivity index (χ3n) is 2.55. The van der Waals surface area contributed by atoms with Crippen LogP contribution in [0.3, 0.4) is 0 Å². The first-order chi connectivity index (χ1) is 9.19. The van der Waals surface area contributed by atoms with Crippen LogP contribution in [0, 0.1) is 0 Å². The van der Waals surface area contributed by atoms with Gasteiger partial charge in [-0.1, -0.05) is 12.1 Å². The Morgan fingerprint density at radius 1 is 1.26 bits per heavy atom. The minimum absolute atomic E-state index is 0.199. The first-order valence-electron chi connectivity index (χ1n) is 5.70. The van der Waals surface area contributed by atoms with Crippen molar-refractivity contribution < 1.29 is 14.3 Å². The Kier molecular flexibility index (Phi) is 3.97. The average Bonchev–Trinajstić information content (AvgIpc) is 2.45. The van der Waals surface area contributed by atoms with Crippen molar-refractivity contribution in [3.05, 3.63) is 53.7 Å². The third kappa shape index (κ3) is 3.45. The summed E-state index contributed by atoms with van der Waals surface area (Å²) in [5.41, 5.74) is 6.78. The fourth-order valence-corrected chi connectivity index (χ4v) is 1.53. The van der Waals surface area contributed by atoms with Crippen molar-refractivity contribution in [3.8, 4) is 5.75 Å². The zero-order chi connectivity index (χ0) is 13.7. The number of hydrogen-bond acceptors (Lipinski definition) is 5. The third-order valence-corrected chi connectivity index (χ3v) is 2.55. The molecule has 0 saturated carbocycles. The molecule has 0 unspecified atom stereocenters. The molecule has 1 heterocycles. The molecule has 0 radical (unpaired) electrons. The molecule has 0 fully saturated rings. The number of pyridine rings is 1. The van der Waals surface area contributed by atoms with Gasteiger partial charge in [-0.15, -0.1) is 0 Å². The first kappa shape index (κ1) is 12.9. The van der Waals surface area contributed by atoms with Gasteiger partial charge in [0.2, 0.25) is 0 Å². The van der Waals surface area contributed by atoms with Crippen LogP contribution in [0.25, 0.3) is 0 Å². The van der Waals surface area contributed by atoms with Gasteiger partial charge >= 0.3 is 5.97 Å². The number of esters is 1. The predicted molar refractivity (Wildman–Crippen MR) is 70.8 cm³/mol. The minimum atomic E-state index is -0.426. The Morgan fingerprint density at radius 3 is 2.63 bits per heavy atom. The van der Waals surface area contributed by atoms with Crippen LogP contribution in [0.5, 0.6) is 5.75 Å². The van der Waals surface area contributed by atoms with Gasteiger partial charge < -0.3 is 15.2 Å². The van der Waals surface area contributed by atoms with E-state index in [0.717, 1.165) is 11.3 Å². The molecule has 5 heteroatoms. The van der Waals surface area contributed by atoms with Gasteiger partial charge in [0.15, 0.2) is 0 Å². The van der Waals surface area contributed by atoms with Crippen LogP contribution in [0.1, 0.15) is 15.9 Å². The topological polar surface area (TPSA) is 74.4 Å². The Morgan fingerprint density at radius 2 is 2.00 bits per heavy atom. The average molecular weight is 258 g/mol. The second kappa shape index (κ2) is 5.86. The van der Waals surface area contributed by atoms with Gasteiger partial charge in [-0.3, -0.25) is 0 Å². The molecule has 0 saturated heterocycles. The summed E-state index contributed by atoms with van der Waals surface area (Å²) in [6.07, 6.45) is 1.47. The van der Waals surface area contributed by atoms with E-state index < -0.39 is 5.97 Å². The molecule has 19 heavy (non-hydrogen) atoms. The van der Waals surface area contributed by atoms with E-state index in [-0.39, 0.29) is 6.61 Å². The summed E-state index contributed by atoms with van der Waals surface area (Å²) in [5.74, 6) is 0.626. The standard InChI is InChI=1S/C14H14N2O3/c1-18-12-4-2-10(3-5-12)9-19-14(17)11-6-7-16-13(15)8-11/h2-8H,9H2,1H3,(H2,15,16). The van der Waals surface area contributed by atoms with Gasteiger partial charge in [-0.05, 0) is 29.8 Å². The smallest absolute Gasteiger partial charge is 0.338 e. The van der Waals surface area contributed by atoms with E-state index in [0.29, 0.717) is 11.4 Å². The molecular weight excluding hydrogens is 244 g/mol. The van der Waals surface area contributed by atoms with Crippen LogP contribution in [-0.4, -0.2) is 18.1 Å². The van der Waals surface area contributed by atoms with E-state index in [1.807, 2.05) is 24.3 Å². The number of hydrogen-bond donors (Lipinski definition) is 1.